The third kappa shape index (κ3) is 2.89. The first kappa shape index (κ1) is 12.2. The van der Waals surface area contributed by atoms with Gasteiger partial charge in [0.25, 0.3) is 0 Å². The Morgan fingerprint density at radius 1 is 1.06 bits per heavy atom. The molecule has 2 aromatic carbocycles. The first-order chi connectivity index (χ1) is 8.69. The molecule has 2 aromatic rings. The van der Waals surface area contributed by atoms with E-state index in [1.165, 1.54) is 0 Å². The van der Waals surface area contributed by atoms with Crippen LogP contribution in [0.3, 0.4) is 0 Å². The summed E-state index contributed by atoms with van der Waals surface area (Å²) in [6.07, 6.45) is 1.73. The Balaban J connectivity index is 2.10. The molecule has 3 heteroatoms. The van der Waals surface area contributed by atoms with Crippen LogP contribution in [-0.4, -0.2) is 13.8 Å². The summed E-state index contributed by atoms with van der Waals surface area (Å²) in [5, 5.41) is 0. The predicted molar refractivity (Wildman–Crippen MR) is 73.3 cm³/mol. The van der Waals surface area contributed by atoms with Gasteiger partial charge in [-0.25, -0.2) is 4.79 Å². The highest BCUT2D eigenvalue weighted by Gasteiger charge is 2.07. The molecule has 0 spiro atoms. The molecule has 0 saturated heterocycles. The molecule has 0 aliphatic heterocycles. The van der Waals surface area contributed by atoms with Gasteiger partial charge in [0.1, 0.15) is 13.6 Å². The number of carbonyl (C=O) groups is 1. The van der Waals surface area contributed by atoms with Gasteiger partial charge in [-0.2, -0.15) is 0 Å². The van der Waals surface area contributed by atoms with Crippen molar-refractivity contribution in [3.8, 4) is 5.75 Å². The molecule has 0 bridgehead atoms. The van der Waals surface area contributed by atoms with Crippen LogP contribution >= 0.6 is 0 Å². The summed E-state index contributed by atoms with van der Waals surface area (Å²) in [5.74, 6) is 0.101. The molecule has 0 aliphatic rings. The first-order valence-corrected chi connectivity index (χ1v) is 5.49. The van der Waals surface area contributed by atoms with Crippen LogP contribution in [0.1, 0.15) is 15.9 Å². The summed E-state index contributed by atoms with van der Waals surface area (Å²) < 4.78 is 5.23. The van der Waals surface area contributed by atoms with Crippen molar-refractivity contribution in [3.63, 3.8) is 0 Å². The third-order valence-electron chi connectivity index (χ3n) is 2.47. The quantitative estimate of drug-likeness (QED) is 0.463. The van der Waals surface area contributed by atoms with Gasteiger partial charge in [0.15, 0.2) is 0 Å². The van der Waals surface area contributed by atoms with Gasteiger partial charge in [0, 0.05) is 0 Å². The highest BCUT2D eigenvalue weighted by molar-refractivity contribution is 6.32. The number of hydrogen-bond acceptors (Lipinski definition) is 2. The lowest BCUT2D eigenvalue weighted by Crippen LogP contribution is -2.10. The SMILES string of the molecule is [B]c1ccc(C(=O)Oc2ccc(C=C)cc2)cc1. The van der Waals surface area contributed by atoms with Crippen molar-refractivity contribution in [1.82, 2.24) is 0 Å². The van der Waals surface area contributed by atoms with Crippen molar-refractivity contribution >= 4 is 25.4 Å². The molecule has 0 unspecified atom stereocenters. The Kier molecular flexibility index (Phi) is 3.63. The van der Waals surface area contributed by atoms with Crippen LogP contribution in [0.2, 0.25) is 0 Å². The molecule has 0 aromatic heterocycles. The van der Waals surface area contributed by atoms with Crippen LogP contribution in [0.5, 0.6) is 5.75 Å². The third-order valence-corrected chi connectivity index (χ3v) is 2.47. The van der Waals surface area contributed by atoms with Gasteiger partial charge in [0.2, 0.25) is 0 Å². The molecule has 0 aliphatic carbocycles. The van der Waals surface area contributed by atoms with Crippen LogP contribution in [0, 0.1) is 0 Å². The van der Waals surface area contributed by atoms with E-state index in [4.69, 9.17) is 12.6 Å². The molecular weight excluding hydrogens is 223 g/mol. The van der Waals surface area contributed by atoms with E-state index in [0.717, 1.165) is 5.56 Å². The molecule has 0 fully saturated rings. The van der Waals surface area contributed by atoms with Crippen LogP contribution in [0.4, 0.5) is 0 Å². The van der Waals surface area contributed by atoms with Crippen molar-refractivity contribution in [2.75, 3.05) is 0 Å². The second kappa shape index (κ2) is 5.36. The topological polar surface area (TPSA) is 26.3 Å². The van der Waals surface area contributed by atoms with Crippen LogP contribution in [0.25, 0.3) is 6.08 Å². The zero-order valence-corrected chi connectivity index (χ0v) is 9.80. The van der Waals surface area contributed by atoms with E-state index >= 15 is 0 Å². The monoisotopic (exact) mass is 234 g/mol. The van der Waals surface area contributed by atoms with Crippen LogP contribution in [-0.2, 0) is 0 Å². The summed E-state index contributed by atoms with van der Waals surface area (Å²) in [5.41, 5.74) is 2.06. The van der Waals surface area contributed by atoms with Gasteiger partial charge in [-0.3, -0.25) is 0 Å². The molecule has 0 saturated carbocycles. The minimum absolute atomic E-state index is 0.402. The van der Waals surface area contributed by atoms with Gasteiger partial charge < -0.3 is 4.74 Å². The van der Waals surface area contributed by atoms with Gasteiger partial charge >= 0.3 is 5.97 Å². The summed E-state index contributed by atoms with van der Waals surface area (Å²) in [6.45, 7) is 3.66. The Morgan fingerprint density at radius 2 is 1.67 bits per heavy atom. The van der Waals surface area contributed by atoms with Gasteiger partial charge in [-0.05, 0) is 29.8 Å². The van der Waals surface area contributed by atoms with Crippen LogP contribution in [0.15, 0.2) is 55.1 Å². The van der Waals surface area contributed by atoms with Crippen molar-refractivity contribution in [3.05, 3.63) is 66.2 Å². The number of rotatable bonds is 3. The molecule has 0 heterocycles. The van der Waals surface area contributed by atoms with E-state index < -0.39 is 5.97 Å². The minimum Gasteiger partial charge on any atom is -0.423 e. The van der Waals surface area contributed by atoms with Gasteiger partial charge in [0.05, 0.1) is 5.56 Å². The van der Waals surface area contributed by atoms with E-state index in [-0.39, 0.29) is 0 Å². The van der Waals surface area contributed by atoms with E-state index in [0.29, 0.717) is 16.8 Å². The molecule has 2 nitrogen and oxygen atoms in total. The molecule has 18 heavy (non-hydrogen) atoms. The fourth-order valence-corrected chi connectivity index (χ4v) is 1.46. The highest BCUT2D eigenvalue weighted by Crippen LogP contribution is 2.14. The summed E-state index contributed by atoms with van der Waals surface area (Å²) >= 11 is 0. The zero-order valence-electron chi connectivity index (χ0n) is 9.80. The second-order valence-corrected chi connectivity index (χ2v) is 3.78. The lowest BCUT2D eigenvalue weighted by molar-refractivity contribution is 0.0735. The highest BCUT2D eigenvalue weighted by atomic mass is 16.5. The zero-order chi connectivity index (χ0) is 13.0. The molecule has 2 rings (SSSR count). The summed E-state index contributed by atoms with van der Waals surface area (Å²) in [4.78, 5) is 11.8. The Morgan fingerprint density at radius 3 is 2.22 bits per heavy atom. The van der Waals surface area contributed by atoms with E-state index in [1.54, 1.807) is 42.5 Å². The second-order valence-electron chi connectivity index (χ2n) is 3.78. The maximum atomic E-state index is 11.8. The van der Waals surface area contributed by atoms with Gasteiger partial charge in [-0.15, -0.1) is 0 Å². The molecule has 0 N–H and O–H groups in total. The molecular formula is C15H11BO2. The number of ether oxygens (including phenoxy) is 1. The molecule has 0 atom stereocenters. The smallest absolute Gasteiger partial charge is 0.343 e. The molecule has 0 amide bonds. The first-order valence-electron chi connectivity index (χ1n) is 5.49. The lowest BCUT2D eigenvalue weighted by Gasteiger charge is -2.05. The average molecular weight is 234 g/mol. The maximum absolute atomic E-state index is 11.8. The van der Waals surface area contributed by atoms with E-state index in [9.17, 15) is 4.79 Å². The fourth-order valence-electron chi connectivity index (χ4n) is 1.46. The van der Waals surface area contributed by atoms with Gasteiger partial charge in [-0.1, -0.05) is 42.4 Å². The fraction of sp³-hybridized carbons (Fsp3) is 0. The largest absolute Gasteiger partial charge is 0.423 e. The maximum Gasteiger partial charge on any atom is 0.343 e. The standard InChI is InChI=1S/C15H11BO2/c1-2-11-3-9-14(10-4-11)18-15(17)12-5-7-13(16)8-6-12/h2-10H,1H2. The average Bonchev–Trinajstić information content (AvgIpc) is 2.40. The van der Waals surface area contributed by atoms with Crippen molar-refractivity contribution in [2.45, 2.75) is 0 Å². The van der Waals surface area contributed by atoms with Crippen molar-refractivity contribution in [2.24, 2.45) is 0 Å². The number of carbonyl (C=O) groups excluding carboxylic acids is 1. The predicted octanol–water partition coefficient (Wildman–Crippen LogP) is 2.34. The van der Waals surface area contributed by atoms with Crippen molar-refractivity contribution < 1.29 is 9.53 Å². The Labute approximate surface area is 107 Å². The van der Waals surface area contributed by atoms with Crippen LogP contribution < -0.4 is 10.2 Å². The summed E-state index contributed by atoms with van der Waals surface area (Å²) in [6, 6.07) is 13.7. The normalized spacial score (nSPS) is 9.78. The number of esters is 1. The number of hydrogen-bond donors (Lipinski definition) is 0. The Bertz CT molecular complexity index is 556. The number of benzene rings is 2. The summed E-state index contributed by atoms with van der Waals surface area (Å²) in [7, 11) is 5.55. The van der Waals surface area contributed by atoms with Crippen molar-refractivity contribution in [1.29, 1.82) is 0 Å². The lowest BCUT2D eigenvalue weighted by atomic mass is 9.95. The van der Waals surface area contributed by atoms with E-state index in [2.05, 4.69) is 6.58 Å². The van der Waals surface area contributed by atoms with E-state index in [1.807, 2.05) is 12.1 Å². The minimum atomic E-state index is -0.402. The molecule has 2 radical (unpaired) electrons. The Hall–Kier alpha value is -2.29. The molecule has 86 valence electrons.